The number of aromatic nitrogens is 4. The number of hydrogen-bond donors (Lipinski definition) is 0. The molecule has 7 heteroatoms. The average molecular weight is 329 g/mol. The van der Waals surface area contributed by atoms with Crippen molar-refractivity contribution in [3.05, 3.63) is 34.7 Å². The minimum absolute atomic E-state index is 0.135. The third kappa shape index (κ3) is 2.31. The van der Waals surface area contributed by atoms with E-state index in [-0.39, 0.29) is 6.04 Å². The van der Waals surface area contributed by atoms with Crippen LogP contribution in [0.5, 0.6) is 0 Å². The van der Waals surface area contributed by atoms with Crippen LogP contribution in [0.3, 0.4) is 0 Å². The first-order valence-corrected chi connectivity index (χ1v) is 8.57. The topological polar surface area (TPSA) is 56.1 Å². The van der Waals surface area contributed by atoms with Gasteiger partial charge in [0.2, 0.25) is 0 Å². The maximum Gasteiger partial charge on any atom is 0.141 e. The third-order valence-electron chi connectivity index (χ3n) is 4.54. The van der Waals surface area contributed by atoms with Crippen LogP contribution >= 0.6 is 11.3 Å². The standard InChI is InChI=1S/C16H19N5OS/c1-10-14(11(2)20(3)19-10)13-8-22-6-5-21(13)15-12-4-7-23-16(12)18-9-17-15/h4,7,9,13H,5-6,8H2,1-3H3/t13-/m1/s1. The van der Waals surface area contributed by atoms with E-state index in [4.69, 9.17) is 4.74 Å². The lowest BCUT2D eigenvalue weighted by Crippen LogP contribution is -2.40. The third-order valence-corrected chi connectivity index (χ3v) is 5.36. The van der Waals surface area contributed by atoms with Gasteiger partial charge >= 0.3 is 0 Å². The van der Waals surface area contributed by atoms with Crippen molar-refractivity contribution >= 4 is 27.4 Å². The van der Waals surface area contributed by atoms with Gasteiger partial charge in [0.1, 0.15) is 17.0 Å². The fourth-order valence-corrected chi connectivity index (χ4v) is 4.10. The van der Waals surface area contributed by atoms with Crippen LogP contribution in [0.15, 0.2) is 17.8 Å². The van der Waals surface area contributed by atoms with Gasteiger partial charge in [-0.25, -0.2) is 9.97 Å². The SMILES string of the molecule is Cc1nn(C)c(C)c1[C@H]1COCCN1c1ncnc2sccc12. The summed E-state index contributed by atoms with van der Waals surface area (Å²) in [6, 6.07) is 2.24. The minimum Gasteiger partial charge on any atom is -0.377 e. The smallest absolute Gasteiger partial charge is 0.141 e. The quantitative estimate of drug-likeness (QED) is 0.723. The van der Waals surface area contributed by atoms with Crippen molar-refractivity contribution in [3.8, 4) is 0 Å². The maximum absolute atomic E-state index is 5.78. The molecule has 0 aromatic carbocycles. The summed E-state index contributed by atoms with van der Waals surface area (Å²) in [6.45, 7) is 6.37. The summed E-state index contributed by atoms with van der Waals surface area (Å²) in [7, 11) is 1.99. The van der Waals surface area contributed by atoms with Gasteiger partial charge in [-0.2, -0.15) is 5.10 Å². The maximum atomic E-state index is 5.78. The van der Waals surface area contributed by atoms with E-state index in [2.05, 4.69) is 45.3 Å². The van der Waals surface area contributed by atoms with Crippen LogP contribution in [0.25, 0.3) is 10.2 Å². The van der Waals surface area contributed by atoms with Crippen molar-refractivity contribution in [1.29, 1.82) is 0 Å². The predicted molar refractivity (Wildman–Crippen MR) is 91.0 cm³/mol. The lowest BCUT2D eigenvalue weighted by Gasteiger charge is -2.37. The zero-order chi connectivity index (χ0) is 16.0. The van der Waals surface area contributed by atoms with Crippen LogP contribution < -0.4 is 4.90 Å². The molecule has 0 unspecified atom stereocenters. The number of aryl methyl sites for hydroxylation is 2. The Balaban J connectivity index is 1.84. The van der Waals surface area contributed by atoms with Gasteiger partial charge < -0.3 is 9.64 Å². The Kier molecular flexibility index (Phi) is 3.54. The number of nitrogens with zero attached hydrogens (tertiary/aromatic N) is 5. The van der Waals surface area contributed by atoms with E-state index in [1.807, 2.05) is 11.7 Å². The van der Waals surface area contributed by atoms with Crippen LogP contribution in [0.4, 0.5) is 5.82 Å². The van der Waals surface area contributed by atoms with E-state index in [0.717, 1.165) is 28.3 Å². The molecule has 1 fully saturated rings. The highest BCUT2D eigenvalue weighted by Crippen LogP contribution is 2.36. The molecule has 23 heavy (non-hydrogen) atoms. The van der Waals surface area contributed by atoms with E-state index < -0.39 is 0 Å². The molecule has 0 N–H and O–H groups in total. The van der Waals surface area contributed by atoms with Gasteiger partial charge in [-0.05, 0) is 25.3 Å². The largest absolute Gasteiger partial charge is 0.377 e. The van der Waals surface area contributed by atoms with Gasteiger partial charge in [-0.1, -0.05) is 0 Å². The van der Waals surface area contributed by atoms with Gasteiger partial charge in [0, 0.05) is 24.8 Å². The Hall–Kier alpha value is -1.99. The molecule has 0 radical (unpaired) electrons. The molecule has 1 saturated heterocycles. The van der Waals surface area contributed by atoms with E-state index in [0.29, 0.717) is 13.2 Å². The van der Waals surface area contributed by atoms with Crippen LogP contribution in [0.1, 0.15) is 23.0 Å². The number of thiophene rings is 1. The first kappa shape index (κ1) is 14.6. The molecule has 0 bridgehead atoms. The molecule has 4 rings (SSSR count). The van der Waals surface area contributed by atoms with Gasteiger partial charge in [0.25, 0.3) is 0 Å². The summed E-state index contributed by atoms with van der Waals surface area (Å²) >= 11 is 1.65. The van der Waals surface area contributed by atoms with Crippen LogP contribution in [0.2, 0.25) is 0 Å². The van der Waals surface area contributed by atoms with Gasteiger partial charge in [0.15, 0.2) is 0 Å². The summed E-state index contributed by atoms with van der Waals surface area (Å²) in [6.07, 6.45) is 1.66. The molecular formula is C16H19N5OS. The Morgan fingerprint density at radius 2 is 2.17 bits per heavy atom. The Labute approximate surface area is 138 Å². The van der Waals surface area contributed by atoms with Crippen molar-refractivity contribution in [3.63, 3.8) is 0 Å². The molecule has 0 saturated carbocycles. The van der Waals surface area contributed by atoms with Crippen LogP contribution in [-0.2, 0) is 11.8 Å². The fourth-order valence-electron chi connectivity index (χ4n) is 3.37. The molecule has 3 aromatic rings. The second-order valence-electron chi connectivity index (χ2n) is 5.83. The van der Waals surface area contributed by atoms with Crippen molar-refractivity contribution < 1.29 is 4.74 Å². The van der Waals surface area contributed by atoms with Gasteiger partial charge in [-0.15, -0.1) is 11.3 Å². The molecule has 0 spiro atoms. The molecule has 1 aliphatic heterocycles. The van der Waals surface area contributed by atoms with E-state index in [9.17, 15) is 0 Å². The molecule has 1 aliphatic rings. The summed E-state index contributed by atoms with van der Waals surface area (Å²) in [5.74, 6) is 0.993. The molecular weight excluding hydrogens is 310 g/mol. The monoisotopic (exact) mass is 329 g/mol. The van der Waals surface area contributed by atoms with Crippen molar-refractivity contribution in [2.45, 2.75) is 19.9 Å². The molecule has 0 aliphatic carbocycles. The first-order valence-electron chi connectivity index (χ1n) is 7.69. The van der Waals surface area contributed by atoms with Gasteiger partial charge in [-0.3, -0.25) is 4.68 Å². The van der Waals surface area contributed by atoms with Crippen molar-refractivity contribution in [2.75, 3.05) is 24.7 Å². The second-order valence-corrected chi connectivity index (χ2v) is 6.72. The zero-order valence-electron chi connectivity index (χ0n) is 13.5. The van der Waals surface area contributed by atoms with Gasteiger partial charge in [0.05, 0.1) is 30.3 Å². The molecule has 1 atom stereocenters. The van der Waals surface area contributed by atoms with Crippen LogP contribution in [0, 0.1) is 13.8 Å². The summed E-state index contributed by atoms with van der Waals surface area (Å²) in [5, 5.41) is 7.75. The number of morpholine rings is 1. The van der Waals surface area contributed by atoms with E-state index in [1.54, 1.807) is 17.7 Å². The van der Waals surface area contributed by atoms with Crippen molar-refractivity contribution in [2.24, 2.45) is 7.05 Å². The molecule has 0 amide bonds. The molecule has 6 nitrogen and oxygen atoms in total. The normalized spacial score (nSPS) is 18.7. The number of rotatable bonds is 2. The minimum atomic E-state index is 0.135. The highest BCUT2D eigenvalue weighted by atomic mass is 32.1. The molecule has 120 valence electrons. The van der Waals surface area contributed by atoms with E-state index in [1.165, 1.54) is 11.3 Å². The second kappa shape index (κ2) is 5.58. The fraction of sp³-hybridized carbons (Fsp3) is 0.438. The average Bonchev–Trinajstić information content (AvgIpc) is 3.12. The summed E-state index contributed by atoms with van der Waals surface area (Å²) in [4.78, 5) is 12.3. The van der Waals surface area contributed by atoms with E-state index >= 15 is 0 Å². The summed E-state index contributed by atoms with van der Waals surface area (Å²) in [5.41, 5.74) is 3.48. The number of fused-ring (bicyclic) bond motifs is 1. The first-order chi connectivity index (χ1) is 11.2. The molecule has 4 heterocycles. The zero-order valence-corrected chi connectivity index (χ0v) is 14.3. The Morgan fingerprint density at radius 3 is 2.96 bits per heavy atom. The predicted octanol–water partition coefficient (Wildman–Crippen LogP) is 2.62. The molecule has 3 aromatic heterocycles. The highest BCUT2D eigenvalue weighted by Gasteiger charge is 2.31. The highest BCUT2D eigenvalue weighted by molar-refractivity contribution is 7.16. The van der Waals surface area contributed by atoms with Crippen molar-refractivity contribution in [1.82, 2.24) is 19.7 Å². The van der Waals surface area contributed by atoms with Crippen LogP contribution in [-0.4, -0.2) is 39.5 Å². The number of anilines is 1. The summed E-state index contributed by atoms with van der Waals surface area (Å²) < 4.78 is 7.72. The Bertz CT molecular complexity index is 855. The Morgan fingerprint density at radius 1 is 1.30 bits per heavy atom. The number of hydrogen-bond acceptors (Lipinski definition) is 6. The number of ether oxygens (including phenoxy) is 1. The lowest BCUT2D eigenvalue weighted by molar-refractivity contribution is 0.0935. The lowest BCUT2D eigenvalue weighted by atomic mass is 10.0.